The molecule has 1 rings (SSSR count). The van der Waals surface area contributed by atoms with Gasteiger partial charge in [0.25, 0.3) is 0 Å². The van der Waals surface area contributed by atoms with Crippen LogP contribution in [0.25, 0.3) is 0 Å². The third-order valence-electron chi connectivity index (χ3n) is 3.01. The summed E-state index contributed by atoms with van der Waals surface area (Å²) in [7, 11) is 0. The second-order valence-corrected chi connectivity index (χ2v) is 8.14. The average molecular weight is 628 g/mol. The monoisotopic (exact) mass is 624 g/mol. The number of esters is 1. The van der Waals surface area contributed by atoms with Crippen LogP contribution in [0.4, 0.5) is 0 Å². The highest BCUT2D eigenvalue weighted by Gasteiger charge is 2.30. The van der Waals surface area contributed by atoms with Crippen LogP contribution in [0.2, 0.25) is 0 Å². The molecule has 0 aliphatic rings. The second kappa shape index (κ2) is 11.7. The summed E-state index contributed by atoms with van der Waals surface area (Å²) >= 11 is 13.1. The number of hydrogen-bond donors (Lipinski definition) is 2. The molecule has 0 heterocycles. The maximum absolute atomic E-state index is 12.5. The Labute approximate surface area is 183 Å². The van der Waals surface area contributed by atoms with Gasteiger partial charge in [-0.3, -0.25) is 4.89 Å². The summed E-state index contributed by atoms with van der Waals surface area (Å²) in [6.45, 7) is 1.13. The predicted octanol–water partition coefficient (Wildman–Crippen LogP) is 4.14. The number of rotatable bonds is 9. The molecule has 0 saturated carbocycles. The topological polar surface area (TPSA) is 102 Å². The van der Waals surface area contributed by atoms with E-state index < -0.39 is 18.0 Å². The summed E-state index contributed by atoms with van der Waals surface area (Å²) in [5.41, 5.74) is -0.242. The Kier molecular flexibility index (Phi) is 10.8. The van der Waals surface area contributed by atoms with Crippen LogP contribution in [0, 0.1) is 0 Å². The summed E-state index contributed by atoms with van der Waals surface area (Å²) in [6, 6.07) is 0. The van der Waals surface area contributed by atoms with Crippen LogP contribution in [-0.2, 0) is 14.5 Å². The standard InChI is InChI=1S/C15H16Br4O7/c1-2-3-7(21)6-24-14(22)8-9(15(23)26-25-5-4-20)11(17)13(19)12(18)10(8)16/h7,20-21H,2-6H2,1H3. The summed E-state index contributed by atoms with van der Waals surface area (Å²) < 4.78 is 6.56. The normalized spacial score (nSPS) is 12.0. The van der Waals surface area contributed by atoms with E-state index in [0.29, 0.717) is 15.4 Å². The highest BCUT2D eigenvalue weighted by atomic mass is 79.9. The van der Waals surface area contributed by atoms with Crippen molar-refractivity contribution < 1.29 is 34.3 Å². The van der Waals surface area contributed by atoms with Gasteiger partial charge in [0.15, 0.2) is 0 Å². The number of carbonyl (C=O) groups excluding carboxylic acids is 2. The minimum atomic E-state index is -0.958. The van der Waals surface area contributed by atoms with Gasteiger partial charge in [0.1, 0.15) is 13.2 Å². The van der Waals surface area contributed by atoms with Crippen LogP contribution in [0.5, 0.6) is 0 Å². The van der Waals surface area contributed by atoms with Gasteiger partial charge in [-0.2, -0.15) is 4.89 Å². The van der Waals surface area contributed by atoms with E-state index >= 15 is 0 Å². The molecule has 0 aliphatic carbocycles. The van der Waals surface area contributed by atoms with Gasteiger partial charge in [-0.25, -0.2) is 9.59 Å². The summed E-state index contributed by atoms with van der Waals surface area (Å²) in [5.74, 6) is -1.78. The van der Waals surface area contributed by atoms with Gasteiger partial charge in [0.05, 0.1) is 23.8 Å². The fourth-order valence-corrected chi connectivity index (χ4v) is 4.29. The summed E-state index contributed by atoms with van der Waals surface area (Å²) in [4.78, 5) is 34.1. The molecule has 1 aromatic carbocycles. The average Bonchev–Trinajstić information content (AvgIpc) is 2.61. The lowest BCUT2D eigenvalue weighted by atomic mass is 10.1. The van der Waals surface area contributed by atoms with Crippen molar-refractivity contribution in [3.05, 3.63) is 29.0 Å². The van der Waals surface area contributed by atoms with Crippen LogP contribution < -0.4 is 0 Å². The molecule has 0 radical (unpaired) electrons. The summed E-state index contributed by atoms with van der Waals surface area (Å²) in [5, 5.41) is 18.4. The Morgan fingerprint density at radius 1 is 1.00 bits per heavy atom. The number of aliphatic hydroxyl groups excluding tert-OH is 2. The molecule has 146 valence electrons. The zero-order valence-corrected chi connectivity index (χ0v) is 19.9. The van der Waals surface area contributed by atoms with Gasteiger partial charge in [0, 0.05) is 17.9 Å². The van der Waals surface area contributed by atoms with Gasteiger partial charge >= 0.3 is 11.9 Å². The summed E-state index contributed by atoms with van der Waals surface area (Å²) in [6.07, 6.45) is 0.414. The molecular weight excluding hydrogens is 612 g/mol. The number of carbonyl (C=O) groups is 2. The molecule has 0 spiro atoms. The van der Waals surface area contributed by atoms with Gasteiger partial charge in [-0.05, 0) is 70.1 Å². The van der Waals surface area contributed by atoms with Crippen LogP contribution in [-0.4, -0.2) is 48.1 Å². The number of ether oxygens (including phenoxy) is 1. The van der Waals surface area contributed by atoms with E-state index in [1.807, 2.05) is 6.92 Å². The Balaban J connectivity index is 3.22. The van der Waals surface area contributed by atoms with Gasteiger partial charge in [-0.15, -0.1) is 0 Å². The van der Waals surface area contributed by atoms with E-state index in [2.05, 4.69) is 73.5 Å². The fourth-order valence-electron chi connectivity index (χ4n) is 1.85. The highest BCUT2D eigenvalue weighted by molar-refractivity contribution is 9.15. The van der Waals surface area contributed by atoms with E-state index in [4.69, 9.17) is 9.84 Å². The molecule has 2 N–H and O–H groups in total. The molecule has 26 heavy (non-hydrogen) atoms. The highest BCUT2D eigenvalue weighted by Crippen LogP contribution is 2.42. The molecular formula is C15H16Br4O7. The zero-order chi connectivity index (χ0) is 19.9. The first-order chi connectivity index (χ1) is 12.3. The molecule has 0 amide bonds. The maximum atomic E-state index is 12.5. The lowest BCUT2D eigenvalue weighted by molar-refractivity contribution is -0.245. The fraction of sp³-hybridized carbons (Fsp3) is 0.467. The van der Waals surface area contributed by atoms with Crippen LogP contribution >= 0.6 is 63.7 Å². The smallest absolute Gasteiger partial charge is 0.375 e. The maximum Gasteiger partial charge on any atom is 0.375 e. The zero-order valence-electron chi connectivity index (χ0n) is 13.6. The van der Waals surface area contributed by atoms with Crippen molar-refractivity contribution in [1.82, 2.24) is 0 Å². The number of aliphatic hydroxyl groups is 2. The minimum Gasteiger partial charge on any atom is -0.459 e. The third-order valence-corrected chi connectivity index (χ3v) is 7.78. The molecule has 0 bridgehead atoms. The van der Waals surface area contributed by atoms with E-state index in [1.165, 1.54) is 0 Å². The Bertz CT molecular complexity index is 666. The van der Waals surface area contributed by atoms with Crippen molar-refractivity contribution in [2.24, 2.45) is 0 Å². The third kappa shape index (κ3) is 6.25. The molecule has 11 heteroatoms. The molecule has 7 nitrogen and oxygen atoms in total. The minimum absolute atomic E-state index is 0.103. The molecule has 0 aromatic heterocycles. The van der Waals surface area contributed by atoms with E-state index in [9.17, 15) is 14.7 Å². The molecule has 1 unspecified atom stereocenters. The molecule has 0 saturated heterocycles. The molecule has 0 fully saturated rings. The Morgan fingerprint density at radius 3 is 2.04 bits per heavy atom. The van der Waals surface area contributed by atoms with Crippen molar-refractivity contribution >= 4 is 75.7 Å². The van der Waals surface area contributed by atoms with E-state index in [1.54, 1.807) is 0 Å². The van der Waals surface area contributed by atoms with Gasteiger partial charge in [-0.1, -0.05) is 13.3 Å². The van der Waals surface area contributed by atoms with Gasteiger partial charge < -0.3 is 14.9 Å². The van der Waals surface area contributed by atoms with E-state index in [-0.39, 0.29) is 39.9 Å². The Hall–Kier alpha value is -0.0400. The van der Waals surface area contributed by atoms with Crippen molar-refractivity contribution in [3.63, 3.8) is 0 Å². The predicted molar refractivity (Wildman–Crippen MR) is 107 cm³/mol. The Morgan fingerprint density at radius 2 is 1.54 bits per heavy atom. The first-order valence-corrected chi connectivity index (χ1v) is 10.6. The van der Waals surface area contributed by atoms with Crippen LogP contribution in [0.1, 0.15) is 40.5 Å². The quantitative estimate of drug-likeness (QED) is 0.106. The van der Waals surface area contributed by atoms with Crippen molar-refractivity contribution in [3.8, 4) is 0 Å². The number of benzene rings is 1. The first-order valence-electron chi connectivity index (χ1n) is 7.41. The lowest BCUT2D eigenvalue weighted by Gasteiger charge is -2.16. The number of halogens is 4. The SMILES string of the molecule is CCCC(O)COC(=O)c1c(Br)c(Br)c(Br)c(Br)c1C(=O)OOCCO. The number of hydrogen-bond acceptors (Lipinski definition) is 7. The van der Waals surface area contributed by atoms with E-state index in [0.717, 1.165) is 6.42 Å². The van der Waals surface area contributed by atoms with Crippen molar-refractivity contribution in [2.75, 3.05) is 19.8 Å². The van der Waals surface area contributed by atoms with Gasteiger partial charge in [0.2, 0.25) is 0 Å². The molecule has 0 aliphatic heterocycles. The van der Waals surface area contributed by atoms with Crippen molar-refractivity contribution in [2.45, 2.75) is 25.9 Å². The lowest BCUT2D eigenvalue weighted by Crippen LogP contribution is -2.21. The second-order valence-electron chi connectivity index (χ2n) is 4.96. The van der Waals surface area contributed by atoms with Crippen molar-refractivity contribution in [1.29, 1.82) is 0 Å². The van der Waals surface area contributed by atoms with Crippen LogP contribution in [0.15, 0.2) is 17.9 Å². The first kappa shape index (κ1) is 24.0. The van der Waals surface area contributed by atoms with Crippen LogP contribution in [0.3, 0.4) is 0 Å². The largest absolute Gasteiger partial charge is 0.459 e. The molecule has 1 atom stereocenters. The molecule has 1 aromatic rings.